The maximum absolute atomic E-state index is 10.6. The minimum absolute atomic E-state index is 0. The number of hydrogen-bond acceptors (Lipinski definition) is 4. The number of hydrogen-bond donors (Lipinski definition) is 0. The van der Waals surface area contributed by atoms with Gasteiger partial charge in [0.1, 0.15) is 6.42 Å². The van der Waals surface area contributed by atoms with E-state index < -0.39 is 11.9 Å². The molecule has 0 aromatic heterocycles. The van der Waals surface area contributed by atoms with E-state index in [-0.39, 0.29) is 36.4 Å². The normalized spacial score (nSPS) is 8.17. The van der Waals surface area contributed by atoms with Crippen molar-refractivity contribution in [2.24, 2.45) is 0 Å². The summed E-state index contributed by atoms with van der Waals surface area (Å²) in [4.78, 5) is 21.2. The summed E-state index contributed by atoms with van der Waals surface area (Å²) in [5, 5.41) is 0. The third kappa shape index (κ3) is 7.55. The molecule has 0 bridgehead atoms. The molecule has 0 spiro atoms. The van der Waals surface area contributed by atoms with Gasteiger partial charge in [-0.2, -0.15) is 0 Å². The Bertz CT molecular complexity index is 130. The minimum atomic E-state index is -0.536. The predicted molar refractivity (Wildman–Crippen MR) is 37.9 cm³/mol. The fourth-order valence-electron chi connectivity index (χ4n) is 0.542. The molecule has 12 heavy (non-hydrogen) atoms. The van der Waals surface area contributed by atoms with E-state index in [0.29, 0.717) is 0 Å². The Hall–Kier alpha value is -0.554. The second-order valence-electron chi connectivity index (χ2n) is 1.79. The molecule has 0 atom stereocenters. The molecule has 0 rings (SSSR count). The van der Waals surface area contributed by atoms with Crippen molar-refractivity contribution < 1.29 is 35.8 Å². The topological polar surface area (TPSA) is 52.6 Å². The molecule has 0 amide bonds. The first-order valence-electron chi connectivity index (χ1n) is 3.52. The standard InChI is InChI=1S/C7H12O4.Co/c1-3-10-6(8)5-7(9)11-4-2;/h3-5H2,1-2H3;. The molecule has 4 nitrogen and oxygen atoms in total. The molecular weight excluding hydrogens is 207 g/mol. The van der Waals surface area contributed by atoms with Gasteiger partial charge < -0.3 is 9.47 Å². The fraction of sp³-hybridized carbons (Fsp3) is 0.714. The van der Waals surface area contributed by atoms with Gasteiger partial charge in [-0.25, -0.2) is 0 Å². The van der Waals surface area contributed by atoms with Crippen LogP contribution in [-0.4, -0.2) is 25.2 Å². The molecule has 0 aliphatic carbocycles. The van der Waals surface area contributed by atoms with Crippen molar-refractivity contribution in [1.29, 1.82) is 0 Å². The second-order valence-corrected chi connectivity index (χ2v) is 1.79. The molecule has 0 N–H and O–H groups in total. The van der Waals surface area contributed by atoms with Gasteiger partial charge in [0.2, 0.25) is 0 Å². The van der Waals surface area contributed by atoms with Gasteiger partial charge in [0.05, 0.1) is 13.2 Å². The van der Waals surface area contributed by atoms with Crippen LogP contribution >= 0.6 is 0 Å². The zero-order valence-corrected chi connectivity index (χ0v) is 8.13. The van der Waals surface area contributed by atoms with Gasteiger partial charge in [-0.1, -0.05) is 0 Å². The average molecular weight is 219 g/mol. The molecule has 5 heteroatoms. The fourth-order valence-corrected chi connectivity index (χ4v) is 0.542. The van der Waals surface area contributed by atoms with Crippen LogP contribution < -0.4 is 0 Å². The SMILES string of the molecule is CCOC(=O)CC(=O)OCC.[Co]. The molecule has 0 aliphatic rings. The van der Waals surface area contributed by atoms with Crippen LogP contribution in [0.15, 0.2) is 0 Å². The molecule has 0 fully saturated rings. The van der Waals surface area contributed by atoms with Crippen molar-refractivity contribution in [3.05, 3.63) is 0 Å². The van der Waals surface area contributed by atoms with Gasteiger partial charge >= 0.3 is 11.9 Å². The first kappa shape index (κ1) is 14.0. The summed E-state index contributed by atoms with van der Waals surface area (Å²) in [6, 6.07) is 0. The van der Waals surface area contributed by atoms with Crippen molar-refractivity contribution in [2.45, 2.75) is 20.3 Å². The number of carbonyl (C=O) groups is 2. The van der Waals surface area contributed by atoms with Crippen molar-refractivity contribution in [1.82, 2.24) is 0 Å². The Balaban J connectivity index is 0. The summed E-state index contributed by atoms with van der Waals surface area (Å²) in [7, 11) is 0. The van der Waals surface area contributed by atoms with Crippen LogP contribution in [-0.2, 0) is 35.8 Å². The molecule has 0 aromatic carbocycles. The van der Waals surface area contributed by atoms with E-state index >= 15 is 0 Å². The van der Waals surface area contributed by atoms with E-state index in [0.717, 1.165) is 0 Å². The van der Waals surface area contributed by atoms with Crippen molar-refractivity contribution in [3.63, 3.8) is 0 Å². The summed E-state index contributed by atoms with van der Waals surface area (Å²) < 4.78 is 9.04. The first-order chi connectivity index (χ1) is 5.20. The van der Waals surface area contributed by atoms with Crippen molar-refractivity contribution in [3.8, 4) is 0 Å². The van der Waals surface area contributed by atoms with Crippen LogP contribution in [0.5, 0.6) is 0 Å². The molecule has 0 unspecified atom stereocenters. The van der Waals surface area contributed by atoms with E-state index in [4.69, 9.17) is 0 Å². The third-order valence-corrected chi connectivity index (χ3v) is 0.899. The summed E-state index contributed by atoms with van der Waals surface area (Å²) >= 11 is 0. The molecule has 0 heterocycles. The summed E-state index contributed by atoms with van der Waals surface area (Å²) in [6.07, 6.45) is -0.290. The Morgan fingerprint density at radius 2 is 1.33 bits per heavy atom. The minimum Gasteiger partial charge on any atom is -0.466 e. The monoisotopic (exact) mass is 219 g/mol. The smallest absolute Gasteiger partial charge is 0.317 e. The molecule has 0 aromatic rings. The van der Waals surface area contributed by atoms with Crippen LogP contribution in [0.1, 0.15) is 20.3 Å². The van der Waals surface area contributed by atoms with Crippen LogP contribution in [0, 0.1) is 0 Å². The van der Waals surface area contributed by atoms with Crippen LogP contribution in [0.3, 0.4) is 0 Å². The third-order valence-electron chi connectivity index (χ3n) is 0.899. The molecule has 0 saturated heterocycles. The number of esters is 2. The Morgan fingerprint density at radius 3 is 1.58 bits per heavy atom. The number of carbonyl (C=O) groups excluding carboxylic acids is 2. The average Bonchev–Trinajstić information content (AvgIpc) is 1.87. The molecular formula is C7H12CoO4. The van der Waals surface area contributed by atoms with Gasteiger partial charge in [-0.05, 0) is 13.8 Å². The van der Waals surface area contributed by atoms with E-state index in [1.54, 1.807) is 13.8 Å². The number of rotatable bonds is 4. The Kier molecular flexibility index (Phi) is 9.96. The van der Waals surface area contributed by atoms with Crippen LogP contribution in [0.2, 0.25) is 0 Å². The van der Waals surface area contributed by atoms with Crippen LogP contribution in [0.25, 0.3) is 0 Å². The summed E-state index contributed by atoms with van der Waals surface area (Å²) in [5.41, 5.74) is 0. The molecule has 0 aliphatic heterocycles. The maximum atomic E-state index is 10.6. The van der Waals surface area contributed by atoms with Gasteiger partial charge in [0.25, 0.3) is 0 Å². The van der Waals surface area contributed by atoms with Crippen molar-refractivity contribution >= 4 is 11.9 Å². The van der Waals surface area contributed by atoms with Gasteiger partial charge in [-0.15, -0.1) is 0 Å². The Labute approximate surface area is 81.8 Å². The molecule has 1 radical (unpaired) electrons. The maximum Gasteiger partial charge on any atom is 0.317 e. The van der Waals surface area contributed by atoms with E-state index in [1.165, 1.54) is 0 Å². The van der Waals surface area contributed by atoms with Gasteiger partial charge in [0, 0.05) is 16.8 Å². The summed E-state index contributed by atoms with van der Waals surface area (Å²) in [6.45, 7) is 3.95. The first-order valence-corrected chi connectivity index (χ1v) is 3.52. The number of ether oxygens (including phenoxy) is 2. The van der Waals surface area contributed by atoms with Gasteiger partial charge in [-0.3, -0.25) is 9.59 Å². The molecule has 73 valence electrons. The summed E-state index contributed by atoms with van der Waals surface area (Å²) in [5.74, 6) is -1.07. The van der Waals surface area contributed by atoms with Crippen LogP contribution in [0.4, 0.5) is 0 Å². The van der Waals surface area contributed by atoms with E-state index in [2.05, 4.69) is 9.47 Å². The van der Waals surface area contributed by atoms with Crippen molar-refractivity contribution in [2.75, 3.05) is 13.2 Å². The Morgan fingerprint density at radius 1 is 1.00 bits per heavy atom. The predicted octanol–water partition coefficient (Wildman–Crippen LogP) is 0.500. The van der Waals surface area contributed by atoms with E-state index in [1.807, 2.05) is 0 Å². The second kappa shape index (κ2) is 8.54. The van der Waals surface area contributed by atoms with Gasteiger partial charge in [0.15, 0.2) is 0 Å². The molecule has 0 saturated carbocycles. The largest absolute Gasteiger partial charge is 0.466 e. The zero-order valence-electron chi connectivity index (χ0n) is 7.09. The quantitative estimate of drug-likeness (QED) is 0.510. The van der Waals surface area contributed by atoms with E-state index in [9.17, 15) is 9.59 Å². The zero-order chi connectivity index (χ0) is 8.69.